The first kappa shape index (κ1) is 24.6. The summed E-state index contributed by atoms with van der Waals surface area (Å²) in [5.74, 6) is 0.641. The Morgan fingerprint density at radius 2 is 1.77 bits per heavy atom. The molecule has 1 unspecified atom stereocenters. The van der Waals surface area contributed by atoms with Crippen LogP contribution in [0.5, 0.6) is 0 Å². The molecule has 2 aromatic heterocycles. The van der Waals surface area contributed by atoms with Crippen LogP contribution in [0, 0.1) is 26.7 Å². The van der Waals surface area contributed by atoms with Gasteiger partial charge < -0.3 is 5.32 Å². The van der Waals surface area contributed by atoms with E-state index in [1.165, 1.54) is 16.7 Å². The Bertz CT molecular complexity index is 1340. The van der Waals surface area contributed by atoms with Crippen molar-refractivity contribution in [2.45, 2.75) is 59.9 Å². The summed E-state index contributed by atoms with van der Waals surface area (Å²) in [5, 5.41) is 4.35. The van der Waals surface area contributed by atoms with Gasteiger partial charge in [-0.15, -0.1) is 0 Å². The minimum absolute atomic E-state index is 0.0258. The lowest BCUT2D eigenvalue weighted by atomic mass is 9.93. The van der Waals surface area contributed by atoms with E-state index in [0.717, 1.165) is 46.3 Å². The summed E-state index contributed by atoms with van der Waals surface area (Å²) in [6, 6.07) is 20.7. The van der Waals surface area contributed by atoms with Crippen LogP contribution in [0.1, 0.15) is 60.7 Å². The molecule has 35 heavy (non-hydrogen) atoms. The van der Waals surface area contributed by atoms with E-state index >= 15 is 0 Å². The Morgan fingerprint density at radius 3 is 2.51 bits per heavy atom. The molecule has 4 aromatic rings. The molecule has 0 saturated carbocycles. The van der Waals surface area contributed by atoms with Gasteiger partial charge in [0.25, 0.3) is 0 Å². The first-order valence-electron chi connectivity index (χ1n) is 12.5. The fourth-order valence-electron chi connectivity index (χ4n) is 4.64. The number of pyridine rings is 2. The van der Waals surface area contributed by atoms with Crippen molar-refractivity contribution in [1.29, 1.82) is 0 Å². The molecule has 0 bridgehead atoms. The lowest BCUT2D eigenvalue weighted by Crippen LogP contribution is -2.30. The molecule has 1 N–H and O–H groups in total. The van der Waals surface area contributed by atoms with Gasteiger partial charge in [0.05, 0.1) is 23.7 Å². The first-order chi connectivity index (χ1) is 16.8. The van der Waals surface area contributed by atoms with E-state index in [4.69, 9.17) is 4.98 Å². The third-order valence-electron chi connectivity index (χ3n) is 6.57. The average Bonchev–Trinajstić information content (AvgIpc) is 2.82. The van der Waals surface area contributed by atoms with Crippen molar-refractivity contribution in [1.82, 2.24) is 15.3 Å². The van der Waals surface area contributed by atoms with Crippen molar-refractivity contribution in [2.75, 3.05) is 0 Å². The van der Waals surface area contributed by atoms with Crippen molar-refractivity contribution in [3.8, 4) is 11.3 Å². The monoisotopic (exact) mass is 465 g/mol. The largest absolute Gasteiger partial charge is 0.349 e. The normalized spacial score (nSPS) is 12.2. The summed E-state index contributed by atoms with van der Waals surface area (Å²) in [6.45, 7) is 10.7. The predicted molar refractivity (Wildman–Crippen MR) is 144 cm³/mol. The van der Waals surface area contributed by atoms with E-state index in [0.29, 0.717) is 12.3 Å². The number of carbonyl (C=O) groups excluding carboxylic acids is 1. The highest BCUT2D eigenvalue weighted by atomic mass is 16.1. The van der Waals surface area contributed by atoms with Gasteiger partial charge in [0.1, 0.15) is 0 Å². The Hall–Kier alpha value is -3.53. The molecule has 2 heterocycles. The molecule has 0 aliphatic carbocycles. The van der Waals surface area contributed by atoms with Gasteiger partial charge in [0.2, 0.25) is 5.91 Å². The maximum Gasteiger partial charge on any atom is 0.224 e. The van der Waals surface area contributed by atoms with Gasteiger partial charge in [-0.1, -0.05) is 49.7 Å². The summed E-state index contributed by atoms with van der Waals surface area (Å²) in [6.07, 6.45) is 4.15. The molecule has 180 valence electrons. The zero-order valence-corrected chi connectivity index (χ0v) is 21.4. The lowest BCUT2D eigenvalue weighted by Gasteiger charge is -2.22. The maximum absolute atomic E-state index is 13.1. The molecule has 0 spiro atoms. The van der Waals surface area contributed by atoms with E-state index in [1.807, 2.05) is 37.3 Å². The van der Waals surface area contributed by atoms with Crippen LogP contribution in [0.25, 0.3) is 22.2 Å². The molecule has 0 aliphatic rings. The number of aromatic nitrogens is 2. The summed E-state index contributed by atoms with van der Waals surface area (Å²) in [5.41, 5.74) is 8.51. The highest BCUT2D eigenvalue weighted by Crippen LogP contribution is 2.26. The van der Waals surface area contributed by atoms with Gasteiger partial charge in [-0.2, -0.15) is 0 Å². The van der Waals surface area contributed by atoms with Crippen LogP contribution in [-0.4, -0.2) is 15.9 Å². The second kappa shape index (κ2) is 10.8. The predicted octanol–water partition coefficient (Wildman–Crippen LogP) is 7.06. The molecule has 0 radical (unpaired) electrons. The molecule has 4 rings (SSSR count). The summed E-state index contributed by atoms with van der Waals surface area (Å²) < 4.78 is 0. The quantitative estimate of drug-likeness (QED) is 0.303. The van der Waals surface area contributed by atoms with E-state index in [9.17, 15) is 4.79 Å². The van der Waals surface area contributed by atoms with Crippen molar-refractivity contribution < 1.29 is 4.79 Å². The van der Waals surface area contributed by atoms with Crippen molar-refractivity contribution in [3.05, 3.63) is 94.8 Å². The highest BCUT2D eigenvalue weighted by Gasteiger charge is 2.18. The van der Waals surface area contributed by atoms with Crippen LogP contribution in [0.4, 0.5) is 0 Å². The smallest absolute Gasteiger partial charge is 0.224 e. The van der Waals surface area contributed by atoms with Crippen LogP contribution >= 0.6 is 0 Å². The molecule has 0 saturated heterocycles. The third kappa shape index (κ3) is 6.13. The van der Waals surface area contributed by atoms with Gasteiger partial charge in [-0.25, -0.2) is 4.98 Å². The Morgan fingerprint density at radius 1 is 0.943 bits per heavy atom. The number of rotatable bonds is 8. The van der Waals surface area contributed by atoms with Crippen molar-refractivity contribution in [3.63, 3.8) is 0 Å². The summed E-state index contributed by atoms with van der Waals surface area (Å²) in [4.78, 5) is 22.3. The van der Waals surface area contributed by atoms with Crippen molar-refractivity contribution in [2.24, 2.45) is 5.92 Å². The molecule has 1 atom stereocenters. The summed E-state index contributed by atoms with van der Waals surface area (Å²) >= 11 is 0. The zero-order valence-electron chi connectivity index (χ0n) is 21.4. The minimum Gasteiger partial charge on any atom is -0.349 e. The lowest BCUT2D eigenvalue weighted by molar-refractivity contribution is -0.121. The second-order valence-corrected chi connectivity index (χ2v) is 9.99. The van der Waals surface area contributed by atoms with Gasteiger partial charge in [0.15, 0.2) is 0 Å². The number of hydrogen-bond acceptors (Lipinski definition) is 3. The average molecular weight is 466 g/mol. The summed E-state index contributed by atoms with van der Waals surface area (Å²) in [7, 11) is 0. The number of hydrogen-bond donors (Lipinski definition) is 1. The third-order valence-corrected chi connectivity index (χ3v) is 6.57. The van der Waals surface area contributed by atoms with E-state index < -0.39 is 0 Å². The number of amides is 1. The standard InChI is InChI=1S/C31H35N3O/c1-20(2)8-13-29(26-12-9-21(3)17-22(26)4)34-31(35)19-24-10-14-28-25(18-24)11-15-30(33-28)27-7-6-16-32-23(27)5/h6-7,9-12,14-18,20,29H,8,13,19H2,1-5H3,(H,34,35). The van der Waals surface area contributed by atoms with Gasteiger partial charge in [-0.3, -0.25) is 9.78 Å². The first-order valence-corrected chi connectivity index (χ1v) is 12.5. The maximum atomic E-state index is 13.1. The molecular weight excluding hydrogens is 430 g/mol. The molecule has 1 amide bonds. The number of nitrogens with one attached hydrogen (secondary N) is 1. The van der Waals surface area contributed by atoms with Crippen LogP contribution in [-0.2, 0) is 11.2 Å². The highest BCUT2D eigenvalue weighted by molar-refractivity contribution is 5.85. The van der Waals surface area contributed by atoms with Crippen LogP contribution < -0.4 is 5.32 Å². The van der Waals surface area contributed by atoms with Crippen molar-refractivity contribution >= 4 is 16.8 Å². The van der Waals surface area contributed by atoms with Crippen LogP contribution in [0.3, 0.4) is 0 Å². The molecule has 4 nitrogen and oxygen atoms in total. The SMILES string of the molecule is Cc1ccc(C(CCC(C)C)NC(=O)Cc2ccc3nc(-c4cccnc4C)ccc3c2)c(C)c1. The number of aryl methyl sites for hydroxylation is 3. The van der Waals surface area contributed by atoms with Gasteiger partial charge in [0, 0.05) is 22.8 Å². The van der Waals surface area contributed by atoms with Crippen LogP contribution in [0.2, 0.25) is 0 Å². The molecule has 2 aromatic carbocycles. The molecule has 4 heteroatoms. The number of nitrogens with zero attached hydrogens (tertiary/aromatic N) is 2. The molecular formula is C31H35N3O. The van der Waals surface area contributed by atoms with Gasteiger partial charge in [-0.05, 0) is 86.6 Å². The van der Waals surface area contributed by atoms with E-state index in [1.54, 1.807) is 6.20 Å². The second-order valence-electron chi connectivity index (χ2n) is 9.99. The Kier molecular flexibility index (Phi) is 7.60. The Balaban J connectivity index is 1.51. The van der Waals surface area contributed by atoms with E-state index in [-0.39, 0.29) is 11.9 Å². The van der Waals surface area contributed by atoms with Crippen LogP contribution in [0.15, 0.2) is 66.9 Å². The Labute approximate surface area is 208 Å². The fourth-order valence-corrected chi connectivity index (χ4v) is 4.64. The number of carbonyl (C=O) groups is 1. The number of benzene rings is 2. The zero-order chi connectivity index (χ0) is 24.9. The molecule has 0 fully saturated rings. The van der Waals surface area contributed by atoms with Gasteiger partial charge >= 0.3 is 0 Å². The fraction of sp³-hybridized carbons (Fsp3) is 0.323. The topological polar surface area (TPSA) is 54.9 Å². The van der Waals surface area contributed by atoms with E-state index in [2.05, 4.69) is 68.3 Å². The minimum atomic E-state index is 0.0258. The number of fused-ring (bicyclic) bond motifs is 1. The molecule has 0 aliphatic heterocycles.